The summed E-state index contributed by atoms with van der Waals surface area (Å²) in [6.07, 6.45) is 10.7. The standard InChI is InChI=1S/C31H36FN7O2.C3H4O/c1-38-14-9-21(10-15-38)36-28-18-24-27(19-29(28)40-2)34-20-35-31(24)37-26-7-6-22(16-25(26)32)41-23-8-11-33-30(17-23)39-12-4-3-5-13-39;1-2-3-4/h6-8,11,16-21,36H,3-5,9-10,12-15H2,1-2H3,(H,34,35,37);2-3H,1H2. The lowest BCUT2D eigenvalue weighted by molar-refractivity contribution is -0.104. The van der Waals surface area contributed by atoms with Crippen molar-refractivity contribution < 1.29 is 18.7 Å². The van der Waals surface area contributed by atoms with E-state index >= 15 is 4.39 Å². The van der Waals surface area contributed by atoms with Crippen LogP contribution in [0.25, 0.3) is 10.9 Å². The average molecular weight is 614 g/mol. The summed E-state index contributed by atoms with van der Waals surface area (Å²) in [6, 6.07) is 12.7. The number of anilines is 4. The first-order valence-electron chi connectivity index (χ1n) is 15.3. The van der Waals surface area contributed by atoms with Gasteiger partial charge in [-0.05, 0) is 82.6 Å². The van der Waals surface area contributed by atoms with Gasteiger partial charge in [0.2, 0.25) is 0 Å². The number of aldehydes is 1. The largest absolute Gasteiger partial charge is 0.495 e. The van der Waals surface area contributed by atoms with Crippen LogP contribution in [-0.4, -0.2) is 72.5 Å². The second kappa shape index (κ2) is 15.3. The summed E-state index contributed by atoms with van der Waals surface area (Å²) in [6.45, 7) is 7.18. The summed E-state index contributed by atoms with van der Waals surface area (Å²) in [7, 11) is 3.80. The molecule has 2 N–H and O–H groups in total. The normalized spacial score (nSPS) is 15.5. The van der Waals surface area contributed by atoms with E-state index in [1.54, 1.807) is 31.5 Å². The molecule has 236 valence electrons. The molecular formula is C34H40FN7O3. The van der Waals surface area contributed by atoms with E-state index in [-0.39, 0.29) is 0 Å². The van der Waals surface area contributed by atoms with Crippen LogP contribution < -0.4 is 25.0 Å². The zero-order valence-corrected chi connectivity index (χ0v) is 25.8. The van der Waals surface area contributed by atoms with Crippen molar-refractivity contribution in [3.05, 3.63) is 73.5 Å². The Morgan fingerprint density at radius 2 is 1.71 bits per heavy atom. The minimum atomic E-state index is -0.447. The van der Waals surface area contributed by atoms with Crippen LogP contribution in [0.2, 0.25) is 0 Å². The number of methoxy groups -OCH3 is 1. The van der Waals surface area contributed by atoms with Gasteiger partial charge in [0.05, 0.1) is 24.0 Å². The highest BCUT2D eigenvalue weighted by atomic mass is 19.1. The molecule has 2 aliphatic heterocycles. The van der Waals surface area contributed by atoms with Crippen molar-refractivity contribution in [1.29, 1.82) is 0 Å². The molecular weight excluding hydrogens is 573 g/mol. The Bertz CT molecular complexity index is 1600. The number of hydrogen-bond acceptors (Lipinski definition) is 10. The number of fused-ring (bicyclic) bond motifs is 1. The molecule has 2 saturated heterocycles. The topological polar surface area (TPSA) is 105 Å². The first-order chi connectivity index (χ1) is 22.0. The van der Waals surface area contributed by atoms with E-state index in [9.17, 15) is 0 Å². The van der Waals surface area contributed by atoms with Crippen LogP contribution in [0.3, 0.4) is 0 Å². The van der Waals surface area contributed by atoms with Crippen molar-refractivity contribution in [2.24, 2.45) is 0 Å². The molecule has 4 aromatic rings. The van der Waals surface area contributed by atoms with Gasteiger partial charge in [-0.15, -0.1) is 0 Å². The van der Waals surface area contributed by atoms with Gasteiger partial charge in [0, 0.05) is 48.9 Å². The highest BCUT2D eigenvalue weighted by Crippen LogP contribution is 2.35. The first kappa shape index (κ1) is 31.6. The summed E-state index contributed by atoms with van der Waals surface area (Å²) in [5.41, 5.74) is 1.87. The molecule has 0 radical (unpaired) electrons. The van der Waals surface area contributed by atoms with Crippen molar-refractivity contribution in [3.63, 3.8) is 0 Å². The lowest BCUT2D eigenvalue weighted by atomic mass is 10.0. The van der Waals surface area contributed by atoms with Crippen LogP contribution in [0.5, 0.6) is 17.2 Å². The maximum absolute atomic E-state index is 15.3. The third-order valence-electron chi connectivity index (χ3n) is 7.96. The molecule has 4 heterocycles. The van der Waals surface area contributed by atoms with Crippen LogP contribution in [-0.2, 0) is 4.79 Å². The van der Waals surface area contributed by atoms with E-state index < -0.39 is 5.82 Å². The number of rotatable bonds is 9. The number of aromatic nitrogens is 3. The summed E-state index contributed by atoms with van der Waals surface area (Å²) >= 11 is 0. The molecule has 0 atom stereocenters. The van der Waals surface area contributed by atoms with Crippen LogP contribution in [0, 0.1) is 5.82 Å². The van der Waals surface area contributed by atoms with E-state index in [0.717, 1.165) is 68.8 Å². The van der Waals surface area contributed by atoms with Gasteiger partial charge in [0.1, 0.15) is 47.3 Å². The summed E-state index contributed by atoms with van der Waals surface area (Å²) in [4.78, 5) is 27.0. The molecule has 2 aliphatic rings. The number of halogens is 1. The molecule has 0 spiro atoms. The number of piperidine rings is 2. The van der Waals surface area contributed by atoms with E-state index in [0.29, 0.717) is 46.6 Å². The Balaban J connectivity index is 0.000000945. The highest BCUT2D eigenvalue weighted by Gasteiger charge is 2.19. The Kier molecular flexibility index (Phi) is 10.8. The van der Waals surface area contributed by atoms with Crippen molar-refractivity contribution >= 4 is 40.2 Å². The number of pyridine rings is 1. The zero-order chi connectivity index (χ0) is 31.6. The molecule has 2 aromatic heterocycles. The van der Waals surface area contributed by atoms with Gasteiger partial charge in [-0.3, -0.25) is 4.79 Å². The minimum absolute atomic E-state index is 0.293. The Hall–Kier alpha value is -4.77. The fourth-order valence-corrected chi connectivity index (χ4v) is 5.52. The summed E-state index contributed by atoms with van der Waals surface area (Å²) < 4.78 is 27.0. The second-order valence-electron chi connectivity index (χ2n) is 11.2. The molecule has 45 heavy (non-hydrogen) atoms. The molecule has 0 saturated carbocycles. The number of hydrogen-bond donors (Lipinski definition) is 2. The summed E-state index contributed by atoms with van der Waals surface area (Å²) in [5, 5.41) is 7.57. The lowest BCUT2D eigenvalue weighted by Gasteiger charge is -2.30. The number of nitrogens with zero attached hydrogens (tertiary/aromatic N) is 5. The van der Waals surface area contributed by atoms with Crippen molar-refractivity contribution in [2.45, 2.75) is 38.1 Å². The highest BCUT2D eigenvalue weighted by molar-refractivity contribution is 5.95. The maximum Gasteiger partial charge on any atom is 0.150 e. The number of ether oxygens (including phenoxy) is 2. The Labute approximate surface area is 263 Å². The van der Waals surface area contributed by atoms with Crippen LogP contribution in [0.4, 0.5) is 27.4 Å². The first-order valence-corrected chi connectivity index (χ1v) is 15.3. The molecule has 0 unspecified atom stereocenters. The van der Waals surface area contributed by atoms with Gasteiger partial charge in [0.15, 0.2) is 0 Å². The molecule has 0 aliphatic carbocycles. The number of carbonyl (C=O) groups excluding carboxylic acids is 1. The Morgan fingerprint density at radius 3 is 2.42 bits per heavy atom. The van der Waals surface area contributed by atoms with Crippen LogP contribution in [0.15, 0.2) is 67.6 Å². The smallest absolute Gasteiger partial charge is 0.150 e. The molecule has 11 heteroatoms. The van der Waals surface area contributed by atoms with Gasteiger partial charge >= 0.3 is 0 Å². The third kappa shape index (κ3) is 8.24. The van der Waals surface area contributed by atoms with E-state index in [2.05, 4.69) is 49.0 Å². The number of benzene rings is 2. The van der Waals surface area contributed by atoms with Gasteiger partial charge < -0.3 is 29.9 Å². The maximum atomic E-state index is 15.3. The third-order valence-corrected chi connectivity index (χ3v) is 7.96. The fraction of sp³-hybridized carbons (Fsp3) is 0.353. The Morgan fingerprint density at radius 1 is 0.956 bits per heavy atom. The predicted molar refractivity (Wildman–Crippen MR) is 177 cm³/mol. The van der Waals surface area contributed by atoms with Gasteiger partial charge in [-0.2, -0.15) is 0 Å². The molecule has 0 amide bonds. The molecule has 6 rings (SSSR count). The molecule has 2 aromatic carbocycles. The van der Waals surface area contributed by atoms with E-state index in [4.69, 9.17) is 14.3 Å². The fourth-order valence-electron chi connectivity index (χ4n) is 5.52. The second-order valence-corrected chi connectivity index (χ2v) is 11.2. The van der Waals surface area contributed by atoms with Crippen LogP contribution in [0.1, 0.15) is 32.1 Å². The molecule has 10 nitrogen and oxygen atoms in total. The van der Waals surface area contributed by atoms with E-state index in [1.807, 2.05) is 18.2 Å². The minimum Gasteiger partial charge on any atom is -0.495 e. The monoisotopic (exact) mass is 613 g/mol. The number of allylic oxidation sites excluding steroid dienone is 1. The predicted octanol–water partition coefficient (Wildman–Crippen LogP) is 6.58. The number of carbonyl (C=O) groups is 1. The van der Waals surface area contributed by atoms with Crippen LogP contribution >= 0.6 is 0 Å². The van der Waals surface area contributed by atoms with Crippen molar-refractivity contribution in [1.82, 2.24) is 19.9 Å². The SMILES string of the molecule is C=CC=O.COc1cc2ncnc(Nc3ccc(Oc4ccnc(N5CCCCC5)c4)cc3F)c2cc1NC1CCN(C)CC1. The van der Waals surface area contributed by atoms with Crippen molar-refractivity contribution in [3.8, 4) is 17.2 Å². The van der Waals surface area contributed by atoms with Gasteiger partial charge in [-0.25, -0.2) is 19.3 Å². The number of likely N-dealkylation sites (tertiary alicyclic amines) is 1. The van der Waals surface area contributed by atoms with Gasteiger partial charge in [-0.1, -0.05) is 6.58 Å². The molecule has 2 fully saturated rings. The van der Waals surface area contributed by atoms with Crippen molar-refractivity contribution in [2.75, 3.05) is 55.9 Å². The quantitative estimate of drug-likeness (QED) is 0.159. The lowest BCUT2D eigenvalue weighted by Crippen LogP contribution is -2.36. The number of nitrogens with one attached hydrogen (secondary N) is 2. The zero-order valence-electron chi connectivity index (χ0n) is 25.8. The molecule has 0 bridgehead atoms. The van der Waals surface area contributed by atoms with Gasteiger partial charge in [0.25, 0.3) is 0 Å². The average Bonchev–Trinajstić information content (AvgIpc) is 3.07. The van der Waals surface area contributed by atoms with E-state index in [1.165, 1.54) is 24.9 Å². The summed E-state index contributed by atoms with van der Waals surface area (Å²) in [5.74, 6) is 2.70.